The summed E-state index contributed by atoms with van der Waals surface area (Å²) in [5.74, 6) is -0.0636. The molecular formula is C19H18N4O3. The molecule has 0 aliphatic carbocycles. The van der Waals surface area contributed by atoms with Crippen molar-refractivity contribution in [3.8, 4) is 5.69 Å². The number of hydrogen-bond acceptors (Lipinski definition) is 4. The summed E-state index contributed by atoms with van der Waals surface area (Å²) >= 11 is 0. The Hall–Kier alpha value is -3.48. The minimum absolute atomic E-state index is 0.0166. The lowest BCUT2D eigenvalue weighted by molar-refractivity contribution is -0.384. The van der Waals surface area contributed by atoms with Crippen molar-refractivity contribution >= 4 is 11.6 Å². The fourth-order valence-electron chi connectivity index (χ4n) is 2.57. The van der Waals surface area contributed by atoms with Gasteiger partial charge in [0.15, 0.2) is 0 Å². The van der Waals surface area contributed by atoms with E-state index in [-0.39, 0.29) is 18.0 Å². The molecule has 7 heteroatoms. The van der Waals surface area contributed by atoms with Gasteiger partial charge >= 0.3 is 0 Å². The van der Waals surface area contributed by atoms with Crippen LogP contribution in [0.2, 0.25) is 0 Å². The van der Waals surface area contributed by atoms with Gasteiger partial charge in [0.05, 0.1) is 23.2 Å². The van der Waals surface area contributed by atoms with Crippen LogP contribution in [0.5, 0.6) is 0 Å². The van der Waals surface area contributed by atoms with E-state index in [2.05, 4.69) is 5.10 Å². The van der Waals surface area contributed by atoms with Gasteiger partial charge in [-0.3, -0.25) is 14.9 Å². The number of likely N-dealkylation sites (N-methyl/N-ethyl adjacent to an activating group) is 1. The molecule has 0 saturated carbocycles. The highest BCUT2D eigenvalue weighted by Gasteiger charge is 2.13. The second-order valence-corrected chi connectivity index (χ2v) is 5.98. The summed E-state index contributed by atoms with van der Waals surface area (Å²) in [6.07, 6.45) is 3.83. The molecule has 1 heterocycles. The van der Waals surface area contributed by atoms with Crippen molar-refractivity contribution in [3.63, 3.8) is 0 Å². The monoisotopic (exact) mass is 350 g/mol. The van der Waals surface area contributed by atoms with Gasteiger partial charge < -0.3 is 4.90 Å². The molecule has 7 nitrogen and oxygen atoms in total. The van der Waals surface area contributed by atoms with Gasteiger partial charge in [-0.25, -0.2) is 4.68 Å². The molecule has 0 atom stereocenters. The molecule has 0 N–H and O–H groups in total. The number of nitrogens with zero attached hydrogens (tertiary/aromatic N) is 4. The normalized spacial score (nSPS) is 10.5. The van der Waals surface area contributed by atoms with Crippen LogP contribution in [0.25, 0.3) is 5.69 Å². The maximum Gasteiger partial charge on any atom is 0.269 e. The fourth-order valence-corrected chi connectivity index (χ4v) is 2.57. The van der Waals surface area contributed by atoms with Crippen molar-refractivity contribution in [2.75, 3.05) is 7.05 Å². The smallest absolute Gasteiger partial charge is 0.269 e. The van der Waals surface area contributed by atoms with Crippen molar-refractivity contribution in [1.29, 1.82) is 0 Å². The lowest BCUT2D eigenvalue weighted by atomic mass is 10.1. The van der Waals surface area contributed by atoms with Crippen LogP contribution in [0.3, 0.4) is 0 Å². The largest absolute Gasteiger partial charge is 0.341 e. The molecule has 1 amide bonds. The van der Waals surface area contributed by atoms with Crippen molar-refractivity contribution in [2.24, 2.45) is 0 Å². The Balaban J connectivity index is 1.61. The molecule has 2 aromatic carbocycles. The topological polar surface area (TPSA) is 81.3 Å². The van der Waals surface area contributed by atoms with Crippen LogP contribution >= 0.6 is 0 Å². The van der Waals surface area contributed by atoms with Crippen LogP contribution in [0.4, 0.5) is 5.69 Å². The fraction of sp³-hybridized carbons (Fsp3) is 0.158. The summed E-state index contributed by atoms with van der Waals surface area (Å²) in [6.45, 7) is 0.443. The van der Waals surface area contributed by atoms with Crippen molar-refractivity contribution in [1.82, 2.24) is 14.7 Å². The molecule has 0 aliphatic heterocycles. The number of carbonyl (C=O) groups excluding carboxylic acids is 1. The first-order valence-electron chi connectivity index (χ1n) is 8.09. The van der Waals surface area contributed by atoms with Crippen LogP contribution in [-0.4, -0.2) is 32.6 Å². The summed E-state index contributed by atoms with van der Waals surface area (Å²) in [7, 11) is 1.73. The summed E-state index contributed by atoms with van der Waals surface area (Å²) in [4.78, 5) is 24.2. The summed E-state index contributed by atoms with van der Waals surface area (Å²) in [5, 5.41) is 15.0. The minimum Gasteiger partial charge on any atom is -0.341 e. The molecule has 0 saturated heterocycles. The van der Waals surface area contributed by atoms with E-state index in [1.165, 1.54) is 12.1 Å². The zero-order valence-corrected chi connectivity index (χ0v) is 14.3. The Morgan fingerprint density at radius 3 is 2.46 bits per heavy atom. The molecule has 0 fully saturated rings. The first-order valence-corrected chi connectivity index (χ1v) is 8.09. The highest BCUT2D eigenvalue weighted by Crippen LogP contribution is 2.14. The number of nitro groups is 1. The minimum atomic E-state index is -0.456. The lowest BCUT2D eigenvalue weighted by Gasteiger charge is -2.16. The lowest BCUT2D eigenvalue weighted by Crippen LogP contribution is -2.27. The molecular weight excluding hydrogens is 332 g/mol. The molecule has 0 bridgehead atoms. The Bertz CT molecular complexity index is 904. The third-order valence-electron chi connectivity index (χ3n) is 4.00. The predicted molar refractivity (Wildman–Crippen MR) is 96.8 cm³/mol. The first kappa shape index (κ1) is 17.3. The van der Waals surface area contributed by atoms with E-state index in [9.17, 15) is 14.9 Å². The van der Waals surface area contributed by atoms with E-state index in [1.807, 2.05) is 36.5 Å². The second kappa shape index (κ2) is 7.60. The maximum atomic E-state index is 12.4. The number of non-ortho nitro benzene ring substituents is 1. The zero-order chi connectivity index (χ0) is 18.5. The number of carbonyl (C=O) groups is 1. The zero-order valence-electron chi connectivity index (χ0n) is 14.3. The van der Waals surface area contributed by atoms with Crippen LogP contribution < -0.4 is 0 Å². The number of nitro benzene ring substituents is 1. The van der Waals surface area contributed by atoms with E-state index in [0.29, 0.717) is 6.54 Å². The summed E-state index contributed by atoms with van der Waals surface area (Å²) in [6, 6.07) is 15.8. The molecule has 132 valence electrons. The van der Waals surface area contributed by atoms with Gasteiger partial charge in [0.2, 0.25) is 5.91 Å². The van der Waals surface area contributed by atoms with Crippen molar-refractivity contribution in [2.45, 2.75) is 13.0 Å². The molecule has 3 rings (SSSR count). The highest BCUT2D eigenvalue weighted by molar-refractivity contribution is 5.78. The van der Waals surface area contributed by atoms with E-state index < -0.39 is 4.92 Å². The third kappa shape index (κ3) is 4.13. The van der Waals surface area contributed by atoms with E-state index in [4.69, 9.17) is 0 Å². The van der Waals surface area contributed by atoms with Crippen molar-refractivity contribution < 1.29 is 9.72 Å². The predicted octanol–water partition coefficient (Wildman–Crippen LogP) is 2.98. The number of para-hydroxylation sites is 1. The maximum absolute atomic E-state index is 12.4. The third-order valence-corrected chi connectivity index (χ3v) is 4.00. The standard InChI is InChI=1S/C19H18N4O3/c1-21(19(24)11-15-7-9-18(10-8-15)23(25)26)13-16-12-20-22(14-16)17-5-3-2-4-6-17/h2-10,12,14H,11,13H2,1H3. The second-order valence-electron chi connectivity index (χ2n) is 5.98. The number of aromatic nitrogens is 2. The number of benzene rings is 2. The molecule has 0 radical (unpaired) electrons. The van der Waals surface area contributed by atoms with E-state index in [0.717, 1.165) is 16.8 Å². The van der Waals surface area contributed by atoms with Gasteiger partial charge in [-0.1, -0.05) is 30.3 Å². The average molecular weight is 350 g/mol. The summed E-state index contributed by atoms with van der Waals surface area (Å²) < 4.78 is 1.77. The molecule has 0 spiro atoms. The van der Waals surface area contributed by atoms with E-state index in [1.54, 1.807) is 35.0 Å². The Labute approximate surface area is 150 Å². The number of rotatable bonds is 6. The van der Waals surface area contributed by atoms with Gasteiger partial charge in [-0.15, -0.1) is 0 Å². The van der Waals surface area contributed by atoms with Gasteiger partial charge in [-0.05, 0) is 17.7 Å². The van der Waals surface area contributed by atoms with E-state index >= 15 is 0 Å². The Morgan fingerprint density at radius 2 is 1.81 bits per heavy atom. The number of hydrogen-bond donors (Lipinski definition) is 0. The van der Waals surface area contributed by atoms with Gasteiger partial charge in [-0.2, -0.15) is 5.10 Å². The quantitative estimate of drug-likeness (QED) is 0.505. The molecule has 3 aromatic rings. The SMILES string of the molecule is CN(Cc1cnn(-c2ccccc2)c1)C(=O)Cc1ccc([N+](=O)[O-])cc1. The highest BCUT2D eigenvalue weighted by atomic mass is 16.6. The van der Waals surface area contributed by atoms with Crippen LogP contribution in [0.15, 0.2) is 67.0 Å². The van der Waals surface area contributed by atoms with Gasteiger partial charge in [0.1, 0.15) is 0 Å². The van der Waals surface area contributed by atoms with Gasteiger partial charge in [0, 0.05) is 37.5 Å². The molecule has 0 aliphatic rings. The van der Waals surface area contributed by atoms with Crippen molar-refractivity contribution in [3.05, 3.63) is 88.2 Å². The Kier molecular flexibility index (Phi) is 5.07. The summed E-state index contributed by atoms with van der Waals surface area (Å²) in [5.41, 5.74) is 2.64. The molecule has 26 heavy (non-hydrogen) atoms. The van der Waals surface area contributed by atoms with Gasteiger partial charge in [0.25, 0.3) is 5.69 Å². The van der Waals surface area contributed by atoms with Crippen LogP contribution in [-0.2, 0) is 17.8 Å². The van der Waals surface area contributed by atoms with Crippen LogP contribution in [0, 0.1) is 10.1 Å². The first-order chi connectivity index (χ1) is 12.5. The number of amides is 1. The molecule has 1 aromatic heterocycles. The molecule has 0 unspecified atom stereocenters. The van der Waals surface area contributed by atoms with Crippen LogP contribution in [0.1, 0.15) is 11.1 Å². The average Bonchev–Trinajstić information content (AvgIpc) is 3.11. The Morgan fingerprint density at radius 1 is 1.12 bits per heavy atom.